The largest absolute Gasteiger partial charge is 0.472 e. The van der Waals surface area contributed by atoms with Crippen LogP contribution in [0.5, 0.6) is 0 Å². The molecule has 3 N–H and O–H groups in total. The van der Waals surface area contributed by atoms with Gasteiger partial charge in [-0.15, -0.1) is 0 Å². The number of likely N-dealkylation sites (N-methyl/N-ethyl adjacent to an activating group) is 1. The number of unbranched alkanes of at least 4 members (excludes halogenated alkanes) is 47. The third-order valence-corrected chi connectivity index (χ3v) is 17.3. The third-order valence-electron chi connectivity index (χ3n) is 16.3. The van der Waals surface area contributed by atoms with Gasteiger partial charge in [-0.1, -0.05) is 332 Å². The minimum atomic E-state index is -4.36. The number of allylic oxidation sites excluding steroid dienone is 7. The van der Waals surface area contributed by atoms with Crippen molar-refractivity contribution in [1.29, 1.82) is 0 Å². The van der Waals surface area contributed by atoms with Gasteiger partial charge in [-0.05, 0) is 64.2 Å². The molecule has 0 heterocycles. The lowest BCUT2D eigenvalue weighted by Gasteiger charge is -2.25. The molecule has 0 aromatic carbocycles. The van der Waals surface area contributed by atoms with Crippen molar-refractivity contribution in [2.45, 2.75) is 366 Å². The molecule has 1 amide bonds. The average molecular weight is 1160 g/mol. The second kappa shape index (κ2) is 63.0. The zero-order valence-electron chi connectivity index (χ0n) is 54.8. The maximum Gasteiger partial charge on any atom is 0.472 e. The van der Waals surface area contributed by atoms with E-state index in [1.807, 2.05) is 27.2 Å². The molecule has 3 atom stereocenters. The van der Waals surface area contributed by atoms with Gasteiger partial charge in [-0.3, -0.25) is 13.8 Å². The van der Waals surface area contributed by atoms with E-state index in [1.54, 1.807) is 6.08 Å². The number of aliphatic hydroxyl groups excluding tert-OH is 1. The first-order chi connectivity index (χ1) is 39.5. The number of carbonyl (C=O) groups is 1. The van der Waals surface area contributed by atoms with Crippen molar-refractivity contribution in [2.75, 3.05) is 40.9 Å². The number of hydrogen-bond acceptors (Lipinski definition) is 5. The van der Waals surface area contributed by atoms with E-state index in [1.165, 1.54) is 289 Å². The highest BCUT2D eigenvalue weighted by atomic mass is 31.2. The minimum absolute atomic E-state index is 0.0574. The molecule has 8 nitrogen and oxygen atoms in total. The van der Waals surface area contributed by atoms with Crippen molar-refractivity contribution in [3.8, 4) is 0 Å². The summed E-state index contributed by atoms with van der Waals surface area (Å²) in [6.45, 7) is 4.84. The number of phosphoric ester groups is 1. The van der Waals surface area contributed by atoms with Crippen LogP contribution in [-0.2, 0) is 18.4 Å². The summed E-state index contributed by atoms with van der Waals surface area (Å²) in [6, 6.07) is -0.864. The zero-order chi connectivity index (χ0) is 59.1. The fraction of sp³-hybridized carbons (Fsp3) is 0.875. The van der Waals surface area contributed by atoms with E-state index in [4.69, 9.17) is 9.05 Å². The van der Waals surface area contributed by atoms with E-state index in [0.29, 0.717) is 17.4 Å². The molecular weight excluding hydrogens is 1020 g/mol. The Morgan fingerprint density at radius 3 is 1.06 bits per heavy atom. The summed E-state index contributed by atoms with van der Waals surface area (Å²) in [5.41, 5.74) is 0. The van der Waals surface area contributed by atoms with E-state index in [9.17, 15) is 19.4 Å². The SMILES string of the molecule is CCCCCCC/C=C\C/C=C\CCCCCCCCCCCCCCCCCCCCCCCC(=O)NC(COP(=O)(O)OCC[N+](C)(C)C)C(O)/C=C/CC/C=C/CCCCCCCCCCCCCCCCCCCCCC. The summed E-state index contributed by atoms with van der Waals surface area (Å²) < 4.78 is 23.8. The topological polar surface area (TPSA) is 105 Å². The summed E-state index contributed by atoms with van der Waals surface area (Å²) >= 11 is 0. The van der Waals surface area contributed by atoms with Gasteiger partial charge in [0.15, 0.2) is 0 Å². The van der Waals surface area contributed by atoms with Gasteiger partial charge in [0.1, 0.15) is 13.2 Å². The molecule has 0 aromatic heterocycles. The number of hydrogen-bond donors (Lipinski definition) is 3. The van der Waals surface area contributed by atoms with Crippen LogP contribution in [0.4, 0.5) is 0 Å². The van der Waals surface area contributed by atoms with E-state index < -0.39 is 20.0 Å². The van der Waals surface area contributed by atoms with Crippen molar-refractivity contribution in [1.82, 2.24) is 5.32 Å². The zero-order valence-corrected chi connectivity index (χ0v) is 55.7. The Kier molecular flexibility index (Phi) is 61.8. The molecular formula is C72H140N2O6P+. The molecule has 0 aliphatic rings. The van der Waals surface area contributed by atoms with E-state index in [2.05, 4.69) is 55.6 Å². The van der Waals surface area contributed by atoms with Gasteiger partial charge in [0, 0.05) is 6.42 Å². The first kappa shape index (κ1) is 79.5. The first-order valence-electron chi connectivity index (χ1n) is 35.5. The summed E-state index contributed by atoms with van der Waals surface area (Å²) in [6.07, 6.45) is 85.6. The number of aliphatic hydroxyl groups is 1. The second-order valence-electron chi connectivity index (χ2n) is 25.6. The van der Waals surface area contributed by atoms with Crippen LogP contribution in [0.25, 0.3) is 0 Å². The fourth-order valence-corrected chi connectivity index (χ4v) is 11.5. The Labute approximate surface area is 505 Å². The number of quaternary nitrogens is 1. The Bertz CT molecular complexity index is 1460. The predicted molar refractivity (Wildman–Crippen MR) is 355 cm³/mol. The molecule has 0 aliphatic heterocycles. The lowest BCUT2D eigenvalue weighted by Crippen LogP contribution is -2.45. The summed E-state index contributed by atoms with van der Waals surface area (Å²) in [5.74, 6) is -0.180. The molecule has 0 radical (unpaired) electrons. The second-order valence-corrected chi connectivity index (χ2v) is 27.1. The van der Waals surface area contributed by atoms with Gasteiger partial charge in [0.25, 0.3) is 0 Å². The van der Waals surface area contributed by atoms with Crippen molar-refractivity contribution in [3.63, 3.8) is 0 Å². The Balaban J connectivity index is 4.06. The van der Waals surface area contributed by atoms with Crippen LogP contribution >= 0.6 is 7.82 Å². The highest BCUT2D eigenvalue weighted by Gasteiger charge is 2.28. The lowest BCUT2D eigenvalue weighted by atomic mass is 10.0. The lowest BCUT2D eigenvalue weighted by molar-refractivity contribution is -0.870. The van der Waals surface area contributed by atoms with Crippen molar-refractivity contribution in [2.24, 2.45) is 0 Å². The quantitative estimate of drug-likeness (QED) is 0.0243. The molecule has 0 aromatic rings. The molecule has 3 unspecified atom stereocenters. The monoisotopic (exact) mass is 1160 g/mol. The van der Waals surface area contributed by atoms with Crippen LogP contribution in [0, 0.1) is 0 Å². The van der Waals surface area contributed by atoms with E-state index >= 15 is 0 Å². The molecule has 0 spiro atoms. The van der Waals surface area contributed by atoms with Gasteiger partial charge in [-0.25, -0.2) is 4.57 Å². The number of phosphoric acid groups is 1. The Morgan fingerprint density at radius 1 is 0.420 bits per heavy atom. The standard InChI is InChI=1S/C72H139N2O6P/c1-6-8-10-12-14-16-18-20-22-24-26-28-30-32-34-35-36-37-38-39-40-42-44-46-48-50-52-54-56-58-60-62-64-66-72(76)73-70(69-80-81(77,78)79-68-67-74(3,4)5)71(75)65-63-61-59-57-55-53-51-49-47-45-43-41-33-31-29-27-25-23-21-19-17-15-13-11-9-7-2/h18,20,24,26,55,57,63,65,70-71,75H,6-17,19,21-23,25,27-54,56,58-62,64,66-69H2,1-5H3,(H-,73,76,77,78)/p+1/b20-18-,26-24-,57-55+,65-63+. The first-order valence-corrected chi connectivity index (χ1v) is 37.0. The molecule has 0 aliphatic carbocycles. The molecule has 81 heavy (non-hydrogen) atoms. The van der Waals surface area contributed by atoms with E-state index in [0.717, 1.165) is 44.9 Å². The summed E-state index contributed by atoms with van der Waals surface area (Å²) in [7, 11) is 1.57. The van der Waals surface area contributed by atoms with Gasteiger partial charge < -0.3 is 19.8 Å². The number of rotatable bonds is 66. The smallest absolute Gasteiger partial charge is 0.387 e. The van der Waals surface area contributed by atoms with Crippen LogP contribution in [0.3, 0.4) is 0 Å². The van der Waals surface area contributed by atoms with Crippen LogP contribution in [-0.4, -0.2) is 73.4 Å². The normalized spacial score (nSPS) is 13.9. The van der Waals surface area contributed by atoms with Gasteiger partial charge in [-0.2, -0.15) is 0 Å². The average Bonchev–Trinajstić information content (AvgIpc) is 3.43. The highest BCUT2D eigenvalue weighted by Crippen LogP contribution is 2.43. The van der Waals surface area contributed by atoms with Crippen LogP contribution < -0.4 is 5.32 Å². The minimum Gasteiger partial charge on any atom is -0.387 e. The van der Waals surface area contributed by atoms with Gasteiger partial charge >= 0.3 is 7.82 Å². The van der Waals surface area contributed by atoms with Crippen LogP contribution in [0.1, 0.15) is 354 Å². The number of nitrogens with zero attached hydrogens (tertiary/aromatic N) is 1. The third kappa shape index (κ3) is 65.9. The van der Waals surface area contributed by atoms with Crippen LogP contribution in [0.2, 0.25) is 0 Å². The predicted octanol–water partition coefficient (Wildman–Crippen LogP) is 22.6. The van der Waals surface area contributed by atoms with Crippen LogP contribution in [0.15, 0.2) is 48.6 Å². The Hall–Kier alpha value is -1.54. The number of carbonyl (C=O) groups excluding carboxylic acids is 1. The van der Waals surface area contributed by atoms with Crippen molar-refractivity contribution in [3.05, 3.63) is 48.6 Å². The molecule has 0 saturated carbocycles. The maximum atomic E-state index is 13.1. The Morgan fingerprint density at radius 2 is 0.716 bits per heavy atom. The van der Waals surface area contributed by atoms with Crippen molar-refractivity contribution < 1.29 is 32.9 Å². The van der Waals surface area contributed by atoms with Crippen molar-refractivity contribution >= 4 is 13.7 Å². The molecule has 478 valence electrons. The summed E-state index contributed by atoms with van der Waals surface area (Å²) in [4.78, 5) is 23.4. The number of amides is 1. The maximum absolute atomic E-state index is 13.1. The molecule has 0 fully saturated rings. The molecule has 9 heteroatoms. The summed E-state index contributed by atoms with van der Waals surface area (Å²) in [5, 5.41) is 14.0. The highest BCUT2D eigenvalue weighted by molar-refractivity contribution is 7.47. The fourth-order valence-electron chi connectivity index (χ4n) is 10.7. The number of nitrogens with one attached hydrogen (secondary N) is 1. The molecule has 0 rings (SSSR count). The molecule has 0 saturated heterocycles. The molecule has 0 bridgehead atoms. The van der Waals surface area contributed by atoms with Gasteiger partial charge in [0.05, 0.1) is 39.9 Å². The van der Waals surface area contributed by atoms with E-state index in [-0.39, 0.29) is 19.1 Å². The van der Waals surface area contributed by atoms with Gasteiger partial charge in [0.2, 0.25) is 5.91 Å².